The zero-order chi connectivity index (χ0) is 15.7. The van der Waals surface area contributed by atoms with Crippen LogP contribution in [0.2, 0.25) is 5.02 Å². The molecule has 0 N–H and O–H groups in total. The highest BCUT2D eigenvalue weighted by molar-refractivity contribution is 6.68. The zero-order valence-corrected chi connectivity index (χ0v) is 13.4. The maximum absolute atomic E-state index is 11.8. The van der Waals surface area contributed by atoms with Crippen molar-refractivity contribution >= 4 is 39.3 Å². The largest absolute Gasteiger partial charge is 0.276 e. The SMILES string of the molecule is CCc1cccc2c(C(=O)Cl)cc(-c3ccccc3Cl)nc12. The summed E-state index contributed by atoms with van der Waals surface area (Å²) in [6.07, 6.45) is 0.826. The predicted molar refractivity (Wildman–Crippen MR) is 91.8 cm³/mol. The molecule has 2 aromatic carbocycles. The third-order valence-corrected chi connectivity index (χ3v) is 4.20. The van der Waals surface area contributed by atoms with Gasteiger partial charge in [0.2, 0.25) is 0 Å². The first kappa shape index (κ1) is 15.0. The standard InChI is InChI=1S/C18H13Cl2NO/c1-2-11-6-5-8-12-14(18(20)22)10-16(21-17(11)12)13-7-3-4-9-15(13)19/h3-10H,2H2,1H3. The summed E-state index contributed by atoms with van der Waals surface area (Å²) in [5, 5.41) is 0.875. The molecule has 0 saturated carbocycles. The number of fused-ring (bicyclic) bond motifs is 1. The van der Waals surface area contributed by atoms with Gasteiger partial charge < -0.3 is 0 Å². The summed E-state index contributed by atoms with van der Waals surface area (Å²) in [6.45, 7) is 2.06. The maximum atomic E-state index is 11.8. The quantitative estimate of drug-likeness (QED) is 0.594. The summed E-state index contributed by atoms with van der Waals surface area (Å²) in [5.41, 5.74) is 3.77. The monoisotopic (exact) mass is 329 g/mol. The number of benzene rings is 2. The lowest BCUT2D eigenvalue weighted by atomic mass is 10.0. The van der Waals surface area contributed by atoms with Crippen molar-refractivity contribution in [1.82, 2.24) is 4.98 Å². The summed E-state index contributed by atoms with van der Waals surface area (Å²) in [4.78, 5) is 16.6. The van der Waals surface area contributed by atoms with Crippen molar-refractivity contribution in [3.05, 3.63) is 64.7 Å². The first-order chi connectivity index (χ1) is 10.6. The Morgan fingerprint density at radius 1 is 1.14 bits per heavy atom. The molecule has 0 fully saturated rings. The van der Waals surface area contributed by atoms with E-state index in [2.05, 4.69) is 6.92 Å². The Kier molecular flexibility index (Phi) is 4.14. The topological polar surface area (TPSA) is 30.0 Å². The zero-order valence-electron chi connectivity index (χ0n) is 11.9. The number of carbonyl (C=O) groups is 1. The summed E-state index contributed by atoms with van der Waals surface area (Å²) >= 11 is 12.0. The molecule has 0 spiro atoms. The van der Waals surface area contributed by atoms with E-state index in [1.807, 2.05) is 36.4 Å². The van der Waals surface area contributed by atoms with Gasteiger partial charge in [0.05, 0.1) is 11.2 Å². The molecule has 0 aliphatic heterocycles. The van der Waals surface area contributed by atoms with Crippen LogP contribution in [0.4, 0.5) is 0 Å². The van der Waals surface area contributed by atoms with Crippen molar-refractivity contribution in [1.29, 1.82) is 0 Å². The Hall–Kier alpha value is -1.90. The highest BCUT2D eigenvalue weighted by Crippen LogP contribution is 2.31. The van der Waals surface area contributed by atoms with Crippen LogP contribution in [-0.4, -0.2) is 10.2 Å². The van der Waals surface area contributed by atoms with Gasteiger partial charge in [-0.2, -0.15) is 0 Å². The molecule has 1 aromatic heterocycles. The van der Waals surface area contributed by atoms with E-state index in [4.69, 9.17) is 28.2 Å². The number of hydrogen-bond acceptors (Lipinski definition) is 2. The first-order valence-electron chi connectivity index (χ1n) is 6.99. The Bertz CT molecular complexity index is 874. The fraction of sp³-hybridized carbons (Fsp3) is 0.111. The number of pyridine rings is 1. The smallest absolute Gasteiger partial charge is 0.253 e. The van der Waals surface area contributed by atoms with E-state index in [1.165, 1.54) is 0 Å². The van der Waals surface area contributed by atoms with Gasteiger partial charge in [-0.25, -0.2) is 4.98 Å². The van der Waals surface area contributed by atoms with Gasteiger partial charge in [-0.15, -0.1) is 0 Å². The number of nitrogens with zero attached hydrogens (tertiary/aromatic N) is 1. The van der Waals surface area contributed by atoms with E-state index >= 15 is 0 Å². The van der Waals surface area contributed by atoms with E-state index in [0.717, 1.165) is 28.5 Å². The Morgan fingerprint density at radius 3 is 2.59 bits per heavy atom. The van der Waals surface area contributed by atoms with E-state index in [0.29, 0.717) is 16.3 Å². The van der Waals surface area contributed by atoms with Crippen LogP contribution in [0.1, 0.15) is 22.8 Å². The van der Waals surface area contributed by atoms with Gasteiger partial charge in [0.25, 0.3) is 5.24 Å². The highest BCUT2D eigenvalue weighted by atomic mass is 35.5. The number of aromatic nitrogens is 1. The van der Waals surface area contributed by atoms with E-state index in [-0.39, 0.29) is 0 Å². The summed E-state index contributed by atoms with van der Waals surface area (Å²) < 4.78 is 0. The molecule has 3 rings (SSSR count). The molecule has 2 nitrogen and oxygen atoms in total. The van der Waals surface area contributed by atoms with Crippen LogP contribution in [0.25, 0.3) is 22.2 Å². The van der Waals surface area contributed by atoms with Crippen LogP contribution in [0, 0.1) is 0 Å². The lowest BCUT2D eigenvalue weighted by Gasteiger charge is -2.11. The molecule has 1 heterocycles. The minimum absolute atomic E-state index is 0.455. The molecule has 0 bridgehead atoms. The number of para-hydroxylation sites is 1. The summed E-state index contributed by atoms with van der Waals surface area (Å²) in [5.74, 6) is 0. The van der Waals surface area contributed by atoms with Crippen molar-refractivity contribution in [2.45, 2.75) is 13.3 Å². The van der Waals surface area contributed by atoms with Gasteiger partial charge in [-0.3, -0.25) is 4.79 Å². The maximum Gasteiger partial charge on any atom is 0.253 e. The third kappa shape index (κ3) is 2.60. The second-order valence-corrected chi connectivity index (χ2v) is 5.73. The lowest BCUT2D eigenvalue weighted by molar-refractivity contribution is 0.108. The molecule has 3 aromatic rings. The van der Waals surface area contributed by atoms with E-state index < -0.39 is 5.24 Å². The number of aryl methyl sites for hydroxylation is 1. The fourth-order valence-electron chi connectivity index (χ4n) is 2.56. The molecule has 0 atom stereocenters. The molecule has 0 saturated heterocycles. The molecule has 0 aliphatic carbocycles. The lowest BCUT2D eigenvalue weighted by Crippen LogP contribution is -1.98. The Balaban J connectivity index is 2.38. The Labute approximate surface area is 138 Å². The minimum Gasteiger partial charge on any atom is -0.276 e. The minimum atomic E-state index is -0.492. The van der Waals surface area contributed by atoms with Crippen LogP contribution < -0.4 is 0 Å². The van der Waals surface area contributed by atoms with Crippen LogP contribution in [-0.2, 0) is 6.42 Å². The second-order valence-electron chi connectivity index (χ2n) is 4.98. The van der Waals surface area contributed by atoms with Crippen LogP contribution in [0.3, 0.4) is 0 Å². The van der Waals surface area contributed by atoms with Gasteiger partial charge in [0.15, 0.2) is 0 Å². The van der Waals surface area contributed by atoms with Crippen molar-refractivity contribution < 1.29 is 4.79 Å². The van der Waals surface area contributed by atoms with Crippen molar-refractivity contribution in [2.75, 3.05) is 0 Å². The summed E-state index contributed by atoms with van der Waals surface area (Å²) in [6, 6.07) is 14.9. The van der Waals surface area contributed by atoms with Gasteiger partial charge >= 0.3 is 0 Å². The molecule has 0 unspecified atom stereocenters. The highest BCUT2D eigenvalue weighted by Gasteiger charge is 2.15. The summed E-state index contributed by atoms with van der Waals surface area (Å²) in [7, 11) is 0. The normalized spacial score (nSPS) is 10.9. The van der Waals surface area contributed by atoms with Gasteiger partial charge in [0.1, 0.15) is 0 Å². The van der Waals surface area contributed by atoms with Gasteiger partial charge in [-0.1, -0.05) is 54.9 Å². The number of carbonyl (C=O) groups excluding carboxylic acids is 1. The van der Waals surface area contributed by atoms with Crippen molar-refractivity contribution in [3.8, 4) is 11.3 Å². The Morgan fingerprint density at radius 2 is 1.91 bits per heavy atom. The van der Waals surface area contributed by atoms with E-state index in [9.17, 15) is 4.79 Å². The average Bonchev–Trinajstić information content (AvgIpc) is 2.53. The van der Waals surface area contributed by atoms with Gasteiger partial charge in [-0.05, 0) is 35.7 Å². The first-order valence-corrected chi connectivity index (χ1v) is 7.74. The van der Waals surface area contributed by atoms with Crippen LogP contribution in [0.5, 0.6) is 0 Å². The second kappa shape index (κ2) is 6.07. The molecule has 0 radical (unpaired) electrons. The molecule has 0 amide bonds. The van der Waals surface area contributed by atoms with E-state index in [1.54, 1.807) is 12.1 Å². The van der Waals surface area contributed by atoms with Crippen LogP contribution >= 0.6 is 23.2 Å². The molecule has 0 aliphatic rings. The number of rotatable bonds is 3. The molecule has 22 heavy (non-hydrogen) atoms. The van der Waals surface area contributed by atoms with Crippen LogP contribution in [0.15, 0.2) is 48.5 Å². The molecule has 4 heteroatoms. The molecular weight excluding hydrogens is 317 g/mol. The molecular formula is C18H13Cl2NO. The molecule has 110 valence electrons. The number of hydrogen-bond donors (Lipinski definition) is 0. The average molecular weight is 330 g/mol. The number of halogens is 2. The predicted octanol–water partition coefficient (Wildman–Crippen LogP) is 5.50. The fourth-order valence-corrected chi connectivity index (χ4v) is 2.95. The third-order valence-electron chi connectivity index (χ3n) is 3.67. The van der Waals surface area contributed by atoms with Crippen molar-refractivity contribution in [3.63, 3.8) is 0 Å². The van der Waals surface area contributed by atoms with Crippen molar-refractivity contribution in [2.24, 2.45) is 0 Å². The van der Waals surface area contributed by atoms with Gasteiger partial charge in [0, 0.05) is 21.5 Å².